The number of ether oxygens (including phenoxy) is 8. The monoisotopic (exact) mass is 1530 g/mol. The van der Waals surface area contributed by atoms with Gasteiger partial charge < -0.3 is 64.7 Å². The molecule has 4 amide bonds. The Bertz CT molecular complexity index is 3930. The zero-order valence-corrected chi connectivity index (χ0v) is 60.0. The molecule has 0 heterocycles. The number of carboxylic acid groups (broad SMARTS) is 1. The molecule has 0 aliphatic heterocycles. The molecule has 0 aromatic heterocycles. The van der Waals surface area contributed by atoms with Gasteiger partial charge in [-0.3, -0.25) is 10.2 Å². The standard InChI is InChI=1S/C17H23NO7.C15H21NO5.C12H14ClF2NO2.C11H12ClF2NO2.C7H6ClF2N.C6H4ClF2N/c1-17(2,3)25-15(20)18-13(14(19)24-16(21)22-4)11-23-10-12-8-6-5-7-9-12;1-15(2,3)21-14(19)16-12(13(17)18)10-20-9-11-7-5-4-6-8-11;1-12(2,3)18-11(17)16(4)10-5-7(13)8(14)6-9(10)15;1-11(2,3)17-10(16)15-9-4-6(12)7(13)5-8(9)14;1-11-7-2-4(8)5(9)3-6(7)10;7-3-1-6(10)5(9)2-4(3)8/h5-9,13H,10-11H2,1-4H3,(H,18,20);4-8,12H,9-10H2,1-3H3,(H,16,19)(H,17,18);5-6H,1-4H3;4-5H,1-3H3,(H,15,16);2-3,11H,1H3;1-2H,10H2/t13-;12-;;;;/m11..../s1/i;;4D3;;1D3;. The number of alkyl carbamates (subject to hydrolysis) is 2. The van der Waals surface area contributed by atoms with Gasteiger partial charge in [-0.25, -0.2) is 68.7 Å². The first-order valence-corrected chi connectivity index (χ1v) is 30.8. The Morgan fingerprint density at radius 2 is 0.892 bits per heavy atom. The van der Waals surface area contributed by atoms with Gasteiger partial charge in [0.25, 0.3) is 0 Å². The number of carbonyl (C=O) groups excluding carboxylic acids is 6. The fraction of sp³-hybridized carbons (Fsp3) is 0.368. The van der Waals surface area contributed by atoms with E-state index >= 15 is 0 Å². The summed E-state index contributed by atoms with van der Waals surface area (Å²) in [5.74, 6) is -9.80. The van der Waals surface area contributed by atoms with Gasteiger partial charge in [0.1, 0.15) is 68.9 Å². The topological polar surface area (TPSA) is 291 Å². The molecule has 0 saturated heterocycles. The fourth-order valence-electron chi connectivity index (χ4n) is 6.45. The number of benzene rings is 6. The SMILES string of the molecule is CC(C)(C)OC(=O)N[C@H](COCc1ccccc1)C(=O)O.CC(C)(C)OC(=O)Nc1cc(Cl)c(F)cc1F.COC(=O)OC(=O)[C@@H](COCc1ccccc1)NC(=O)OC(C)(C)C.Nc1cc(Cl)c(F)cc1F.[2H]C([2H])([2H])N(C(=O)OC(C)(C)C)c1cc(Cl)c(F)cc1F.[2H]C([2H])([2H])Nc1cc(Cl)c(F)cc1F. The first kappa shape index (κ1) is 80.2. The average molecular weight is 1540 g/mol. The molecule has 34 heteroatoms. The van der Waals surface area contributed by atoms with Crippen LogP contribution in [0.5, 0.6) is 0 Å². The highest BCUT2D eigenvalue weighted by Gasteiger charge is 2.29. The molecule has 0 unspecified atom stereocenters. The number of hydrogen-bond donors (Lipinski definition) is 6. The summed E-state index contributed by atoms with van der Waals surface area (Å²) in [6.45, 7) is 14.3. The minimum Gasteiger partial charge on any atom is -0.480 e. The number of hydrogen-bond acceptors (Lipinski definition) is 17. The molecule has 0 bridgehead atoms. The van der Waals surface area contributed by atoms with Crippen molar-refractivity contribution in [2.45, 2.75) is 131 Å². The van der Waals surface area contributed by atoms with Gasteiger partial charge in [-0.2, -0.15) is 0 Å². The fourth-order valence-corrected chi connectivity index (χ4v) is 7.11. The normalized spacial score (nSPS) is 12.5. The van der Waals surface area contributed by atoms with Crippen molar-refractivity contribution >= 4 is 112 Å². The summed E-state index contributed by atoms with van der Waals surface area (Å²) in [7, 11) is 1.07. The number of rotatable bonds is 15. The van der Waals surface area contributed by atoms with Crippen molar-refractivity contribution in [1.29, 1.82) is 0 Å². The molecule has 0 fully saturated rings. The minimum atomic E-state index is -3.02. The molecule has 0 aliphatic rings. The third kappa shape index (κ3) is 38.1. The van der Waals surface area contributed by atoms with E-state index in [4.69, 9.17) is 93.9 Å². The van der Waals surface area contributed by atoms with Gasteiger partial charge in [-0.15, -0.1) is 0 Å². The van der Waals surface area contributed by atoms with Gasteiger partial charge in [0.2, 0.25) is 0 Å². The number of carboxylic acids is 1. The van der Waals surface area contributed by atoms with E-state index in [0.717, 1.165) is 42.5 Å². The Hall–Kier alpha value is -9.07. The van der Waals surface area contributed by atoms with Gasteiger partial charge in [0, 0.05) is 46.4 Å². The van der Waals surface area contributed by atoms with Crippen LogP contribution in [-0.4, -0.2) is 116 Å². The minimum absolute atomic E-state index is 0.124. The van der Waals surface area contributed by atoms with E-state index in [1.54, 1.807) is 62.3 Å². The zero-order valence-electron chi connectivity index (χ0n) is 63.0. The van der Waals surface area contributed by atoms with E-state index in [2.05, 4.69) is 25.4 Å². The molecule has 102 heavy (non-hydrogen) atoms. The van der Waals surface area contributed by atoms with Gasteiger partial charge >= 0.3 is 42.5 Å². The molecule has 0 saturated carbocycles. The van der Waals surface area contributed by atoms with Crippen LogP contribution in [0.2, 0.25) is 20.1 Å². The number of nitrogens with one attached hydrogen (secondary N) is 4. The van der Waals surface area contributed by atoms with Crippen LogP contribution in [0.15, 0.2) is 109 Å². The van der Waals surface area contributed by atoms with E-state index in [9.17, 15) is 68.7 Å². The van der Waals surface area contributed by atoms with E-state index in [1.807, 2.05) is 66.0 Å². The Balaban J connectivity index is 0.000000660. The van der Waals surface area contributed by atoms with Crippen molar-refractivity contribution in [3.8, 4) is 0 Å². The largest absolute Gasteiger partial charge is 0.515 e. The maximum absolute atomic E-state index is 13.8. The van der Waals surface area contributed by atoms with Crippen molar-refractivity contribution in [3.05, 3.63) is 187 Å². The van der Waals surface area contributed by atoms with Gasteiger partial charge in [-0.1, -0.05) is 107 Å². The number of anilines is 4. The van der Waals surface area contributed by atoms with Gasteiger partial charge in [0.05, 0.1) is 76.4 Å². The summed E-state index contributed by atoms with van der Waals surface area (Å²) in [4.78, 5) is 81.0. The Morgan fingerprint density at radius 3 is 1.30 bits per heavy atom. The lowest BCUT2D eigenvalue weighted by atomic mass is 10.2. The summed E-state index contributed by atoms with van der Waals surface area (Å²) >= 11 is 21.6. The smallest absolute Gasteiger partial charge is 0.480 e. The first-order chi connectivity index (χ1) is 49.4. The van der Waals surface area contributed by atoms with E-state index in [-0.39, 0.29) is 63.5 Å². The van der Waals surface area contributed by atoms with Crippen molar-refractivity contribution < 1.29 is 120 Å². The second-order valence-electron chi connectivity index (χ2n) is 24.2. The van der Waals surface area contributed by atoms with E-state index in [0.29, 0.717) is 24.3 Å². The molecule has 0 aliphatic carbocycles. The van der Waals surface area contributed by atoms with Crippen molar-refractivity contribution in [1.82, 2.24) is 10.6 Å². The molecule has 22 nitrogen and oxygen atoms in total. The summed E-state index contributed by atoms with van der Waals surface area (Å²) in [5, 5.41) is 16.4. The predicted octanol–water partition coefficient (Wildman–Crippen LogP) is 17.4. The lowest BCUT2D eigenvalue weighted by molar-refractivity contribution is -0.144. The molecule has 0 radical (unpaired) electrons. The Morgan fingerprint density at radius 1 is 0.510 bits per heavy atom. The number of halogens is 12. The molecular weight excluding hydrogens is 1450 g/mol. The molecule has 562 valence electrons. The molecule has 0 spiro atoms. The van der Waals surface area contributed by atoms with Crippen LogP contribution < -0.4 is 31.9 Å². The maximum Gasteiger partial charge on any atom is 0.515 e. The highest BCUT2D eigenvalue weighted by Crippen LogP contribution is 2.28. The highest BCUT2D eigenvalue weighted by atomic mass is 35.5. The lowest BCUT2D eigenvalue weighted by Crippen LogP contribution is -2.47. The van der Waals surface area contributed by atoms with Crippen LogP contribution in [0, 0.1) is 46.5 Å². The number of amides is 4. The molecule has 2 atom stereocenters. The Kier molecular flexibility index (Phi) is 33.8. The number of esters is 1. The number of nitrogens with two attached hydrogens (primary N) is 1. The average Bonchev–Trinajstić information content (AvgIpc) is 0.792. The molecule has 6 aromatic rings. The van der Waals surface area contributed by atoms with Crippen LogP contribution in [0.25, 0.3) is 0 Å². The first-order valence-electron chi connectivity index (χ1n) is 32.3. The zero-order chi connectivity index (χ0) is 83.2. The summed E-state index contributed by atoms with van der Waals surface area (Å²) < 4.78 is 185. The number of methoxy groups -OCH3 is 1. The van der Waals surface area contributed by atoms with Gasteiger partial charge in [0.15, 0.2) is 12.1 Å². The Labute approximate surface area is 613 Å². The summed E-state index contributed by atoms with van der Waals surface area (Å²) in [6.07, 6.45) is -4.91. The highest BCUT2D eigenvalue weighted by molar-refractivity contribution is 6.32. The summed E-state index contributed by atoms with van der Waals surface area (Å²) in [6, 6.07) is 22.0. The van der Waals surface area contributed by atoms with Crippen molar-refractivity contribution in [3.63, 3.8) is 0 Å². The predicted molar refractivity (Wildman–Crippen MR) is 369 cm³/mol. The molecular formula is C68H80Cl4F8N6O16. The number of nitrogens with zero attached hydrogens (tertiary/aromatic N) is 1. The van der Waals surface area contributed by atoms with Crippen LogP contribution in [-0.2, 0) is 60.7 Å². The van der Waals surface area contributed by atoms with Crippen LogP contribution >= 0.6 is 46.4 Å². The molecule has 7 N–H and O–H groups in total. The van der Waals surface area contributed by atoms with E-state index < -0.39 is 148 Å². The molecule has 6 aromatic carbocycles. The summed E-state index contributed by atoms with van der Waals surface area (Å²) in [5.41, 5.74) is 2.35. The third-order valence-electron chi connectivity index (χ3n) is 10.7. The second kappa shape index (κ2) is 43.0. The van der Waals surface area contributed by atoms with Crippen LogP contribution in [0.1, 0.15) is 102 Å². The van der Waals surface area contributed by atoms with Crippen LogP contribution in [0.4, 0.5) is 81.8 Å². The second-order valence-corrected chi connectivity index (χ2v) is 25.8. The van der Waals surface area contributed by atoms with Gasteiger partial charge in [-0.05, 0) is 118 Å². The number of carbonyl (C=O) groups is 7. The quantitative estimate of drug-likeness (QED) is 0.0139. The van der Waals surface area contributed by atoms with Crippen LogP contribution in [0.3, 0.4) is 0 Å². The number of aliphatic carboxylic acids is 1. The van der Waals surface area contributed by atoms with E-state index in [1.165, 1.54) is 20.8 Å². The lowest BCUT2D eigenvalue weighted by Gasteiger charge is -2.25. The van der Waals surface area contributed by atoms with Crippen molar-refractivity contribution in [2.75, 3.05) is 55.5 Å². The third-order valence-corrected chi connectivity index (χ3v) is 11.9. The number of nitrogen functional groups attached to an aromatic ring is 1. The maximum atomic E-state index is 13.8. The molecule has 6 rings (SSSR count). The van der Waals surface area contributed by atoms with Crippen molar-refractivity contribution in [2.24, 2.45) is 0 Å².